The van der Waals surface area contributed by atoms with Gasteiger partial charge >= 0.3 is 0 Å². The molecule has 3 saturated heterocycles. The van der Waals surface area contributed by atoms with Gasteiger partial charge in [0.05, 0.1) is 27.4 Å². The van der Waals surface area contributed by atoms with Crippen molar-refractivity contribution in [2.24, 2.45) is 16.7 Å². The number of carbonyl (C=O) groups is 5. The van der Waals surface area contributed by atoms with Crippen molar-refractivity contribution in [1.29, 1.82) is 5.26 Å². The molecule has 5 amide bonds. The molecular formula is C47H48ClFN6O6. The summed E-state index contributed by atoms with van der Waals surface area (Å²) in [6.45, 7) is 11.3. The standard InChI is InChI=1S/C47H48ClFN6O6/c1-46(2)44(47(3,4)45(46)61-32-12-11-30(26-50)35(48)23-32)52-40(57)29-9-7-27(8-10-29)5-6-28-15-19-53(20-16-28)31-17-21-54(22-18-31)38-25-34-33(24-36(38)49)42(59)55(43(34)60)37-13-14-39(56)51-41(37)58/h7-12,23-25,28,31,37,44-45H,13-22H2,1-4H3,(H,52,57)(H,51,56,58). The number of imide groups is 2. The molecule has 12 nitrogen and oxygen atoms in total. The van der Waals surface area contributed by atoms with Crippen LogP contribution in [0.4, 0.5) is 10.1 Å². The molecule has 61 heavy (non-hydrogen) atoms. The monoisotopic (exact) mass is 846 g/mol. The van der Waals surface area contributed by atoms with E-state index in [9.17, 15) is 29.2 Å². The van der Waals surface area contributed by atoms with Crippen molar-refractivity contribution in [2.45, 2.75) is 90.4 Å². The first-order valence-electron chi connectivity index (χ1n) is 20.9. The lowest BCUT2D eigenvalue weighted by molar-refractivity contribution is -0.164. The Hall–Kier alpha value is -5.76. The Balaban J connectivity index is 0.804. The second-order valence-electron chi connectivity index (χ2n) is 18.0. The number of nitrogens with one attached hydrogen (secondary N) is 2. The van der Waals surface area contributed by atoms with E-state index in [-0.39, 0.29) is 64.5 Å². The molecule has 1 aliphatic carbocycles. The van der Waals surface area contributed by atoms with E-state index in [0.29, 0.717) is 41.0 Å². The lowest BCUT2D eigenvalue weighted by Gasteiger charge is -2.63. The molecule has 8 rings (SSSR count). The second kappa shape index (κ2) is 16.3. The number of nitrogens with zero attached hydrogens (tertiary/aromatic N) is 4. The number of likely N-dealkylation sites (tertiary alicyclic amines) is 1. The summed E-state index contributed by atoms with van der Waals surface area (Å²) < 4.78 is 21.8. The predicted molar refractivity (Wildman–Crippen MR) is 225 cm³/mol. The number of benzene rings is 3. The van der Waals surface area contributed by atoms with Crippen molar-refractivity contribution in [2.75, 3.05) is 31.1 Å². The highest BCUT2D eigenvalue weighted by Gasteiger charge is 2.64. The molecule has 5 aliphatic rings. The minimum atomic E-state index is -1.10. The Kier molecular flexibility index (Phi) is 11.2. The van der Waals surface area contributed by atoms with E-state index in [2.05, 4.69) is 61.1 Å². The number of hydrogen-bond acceptors (Lipinski definition) is 9. The highest BCUT2D eigenvalue weighted by atomic mass is 35.5. The van der Waals surface area contributed by atoms with Gasteiger partial charge in [0.2, 0.25) is 11.8 Å². The summed E-state index contributed by atoms with van der Waals surface area (Å²) in [6, 6.07) is 16.1. The van der Waals surface area contributed by atoms with Gasteiger partial charge in [-0.25, -0.2) is 4.39 Å². The van der Waals surface area contributed by atoms with Crippen molar-refractivity contribution in [1.82, 2.24) is 20.4 Å². The van der Waals surface area contributed by atoms with Gasteiger partial charge in [-0.3, -0.25) is 34.2 Å². The van der Waals surface area contributed by atoms with Gasteiger partial charge in [0, 0.05) is 65.5 Å². The Morgan fingerprint density at radius 2 is 1.54 bits per heavy atom. The fourth-order valence-electron chi connectivity index (χ4n) is 10.3. The maximum Gasteiger partial charge on any atom is 0.262 e. The molecule has 0 spiro atoms. The minimum absolute atomic E-state index is 0.0143. The Morgan fingerprint density at radius 1 is 0.885 bits per heavy atom. The molecule has 4 heterocycles. The SMILES string of the molecule is CC1(C)C(NC(=O)c2ccc(C#CC3CCN(C4CCN(c5cc6c(cc5F)C(=O)N(C5CCC(=O)NC5=O)C6=O)CC4)CC3)cc2)C(C)(C)C1Oc1ccc(C#N)c(Cl)c1. The van der Waals surface area contributed by atoms with Crippen LogP contribution in [-0.2, 0) is 9.59 Å². The maximum absolute atomic E-state index is 15.5. The summed E-state index contributed by atoms with van der Waals surface area (Å²) in [6.07, 6.45) is 3.36. The quantitative estimate of drug-likeness (QED) is 0.213. The summed E-state index contributed by atoms with van der Waals surface area (Å²) >= 11 is 6.24. The molecule has 0 bridgehead atoms. The predicted octanol–water partition coefficient (Wildman–Crippen LogP) is 6.10. The average Bonchev–Trinajstić information content (AvgIpc) is 3.48. The van der Waals surface area contributed by atoms with Gasteiger partial charge in [0.15, 0.2) is 0 Å². The first-order valence-corrected chi connectivity index (χ1v) is 21.3. The van der Waals surface area contributed by atoms with Gasteiger partial charge in [0.1, 0.15) is 29.8 Å². The summed E-state index contributed by atoms with van der Waals surface area (Å²) in [5.41, 5.74) is 1.31. The largest absolute Gasteiger partial charge is 0.489 e. The molecule has 3 aromatic rings. The smallest absolute Gasteiger partial charge is 0.262 e. The molecule has 0 aromatic heterocycles. The molecule has 1 atom stereocenters. The number of ether oxygens (including phenoxy) is 1. The number of fused-ring (bicyclic) bond motifs is 1. The number of piperidine rings is 3. The third-order valence-electron chi connectivity index (χ3n) is 13.4. The number of hydrogen-bond donors (Lipinski definition) is 2. The first-order chi connectivity index (χ1) is 29.1. The summed E-state index contributed by atoms with van der Waals surface area (Å²) in [4.78, 5) is 69.2. The number of nitriles is 1. The van der Waals surface area contributed by atoms with Crippen LogP contribution in [0.15, 0.2) is 54.6 Å². The van der Waals surface area contributed by atoms with E-state index in [1.54, 1.807) is 18.2 Å². The summed E-state index contributed by atoms with van der Waals surface area (Å²) in [5, 5.41) is 15.0. The Morgan fingerprint density at radius 3 is 2.16 bits per heavy atom. The van der Waals surface area contributed by atoms with Crippen LogP contribution in [0.2, 0.25) is 5.02 Å². The van der Waals surface area contributed by atoms with E-state index in [1.807, 2.05) is 29.2 Å². The highest BCUT2D eigenvalue weighted by Crippen LogP contribution is 2.55. The third kappa shape index (κ3) is 7.86. The van der Waals surface area contributed by atoms with E-state index in [4.69, 9.17) is 16.3 Å². The molecule has 1 unspecified atom stereocenters. The lowest BCUT2D eigenvalue weighted by Crippen LogP contribution is -2.74. The lowest BCUT2D eigenvalue weighted by atomic mass is 9.49. The molecule has 1 saturated carbocycles. The fraction of sp³-hybridized carbons (Fsp3) is 0.447. The van der Waals surface area contributed by atoms with Gasteiger partial charge in [0.25, 0.3) is 17.7 Å². The normalized spacial score (nSPS) is 23.9. The Bertz CT molecular complexity index is 2400. The summed E-state index contributed by atoms with van der Waals surface area (Å²) in [5.74, 6) is 4.32. The average molecular weight is 847 g/mol. The van der Waals surface area contributed by atoms with Crippen molar-refractivity contribution in [3.8, 4) is 23.7 Å². The van der Waals surface area contributed by atoms with Gasteiger partial charge in [-0.05, 0) is 93.7 Å². The van der Waals surface area contributed by atoms with Crippen LogP contribution in [0.5, 0.6) is 5.75 Å². The van der Waals surface area contributed by atoms with E-state index >= 15 is 4.39 Å². The molecule has 4 fully saturated rings. The van der Waals surface area contributed by atoms with Crippen LogP contribution in [0.3, 0.4) is 0 Å². The molecule has 3 aromatic carbocycles. The van der Waals surface area contributed by atoms with Gasteiger partial charge in [-0.15, -0.1) is 0 Å². The van der Waals surface area contributed by atoms with E-state index < -0.39 is 35.5 Å². The van der Waals surface area contributed by atoms with Crippen molar-refractivity contribution in [3.63, 3.8) is 0 Å². The topological polar surface area (TPSA) is 152 Å². The van der Waals surface area contributed by atoms with Gasteiger partial charge in [-0.1, -0.05) is 51.1 Å². The minimum Gasteiger partial charge on any atom is -0.489 e. The van der Waals surface area contributed by atoms with E-state index in [0.717, 1.165) is 55.3 Å². The van der Waals surface area contributed by atoms with Crippen LogP contribution >= 0.6 is 11.6 Å². The first kappa shape index (κ1) is 42.0. The van der Waals surface area contributed by atoms with Gasteiger partial charge < -0.3 is 19.9 Å². The molecule has 0 radical (unpaired) electrons. The number of anilines is 1. The molecule has 316 valence electrons. The molecule has 14 heteroatoms. The van der Waals surface area contributed by atoms with Crippen LogP contribution < -0.4 is 20.3 Å². The molecule has 4 aliphatic heterocycles. The van der Waals surface area contributed by atoms with Crippen LogP contribution in [0.1, 0.15) is 108 Å². The number of halogens is 2. The Labute approximate surface area is 359 Å². The number of carbonyl (C=O) groups excluding carboxylic acids is 5. The number of amides is 5. The zero-order chi connectivity index (χ0) is 43.4. The second-order valence-corrected chi connectivity index (χ2v) is 18.4. The molecular weight excluding hydrogens is 799 g/mol. The third-order valence-corrected chi connectivity index (χ3v) is 13.7. The molecule has 2 N–H and O–H groups in total. The van der Waals surface area contributed by atoms with Crippen LogP contribution in [0, 0.1) is 45.7 Å². The van der Waals surface area contributed by atoms with Crippen LogP contribution in [-0.4, -0.2) is 89.7 Å². The zero-order valence-corrected chi connectivity index (χ0v) is 35.4. The fourth-order valence-corrected chi connectivity index (χ4v) is 10.5. The van der Waals surface area contributed by atoms with Crippen molar-refractivity contribution >= 4 is 46.8 Å². The number of rotatable bonds is 7. The summed E-state index contributed by atoms with van der Waals surface area (Å²) in [7, 11) is 0. The van der Waals surface area contributed by atoms with Crippen LogP contribution in [0.25, 0.3) is 0 Å². The van der Waals surface area contributed by atoms with E-state index in [1.165, 1.54) is 6.07 Å². The highest BCUT2D eigenvalue weighted by molar-refractivity contribution is 6.31. The van der Waals surface area contributed by atoms with Crippen molar-refractivity contribution in [3.05, 3.63) is 93.3 Å². The van der Waals surface area contributed by atoms with Gasteiger partial charge in [-0.2, -0.15) is 5.26 Å². The van der Waals surface area contributed by atoms with Crippen molar-refractivity contribution < 1.29 is 33.1 Å². The zero-order valence-electron chi connectivity index (χ0n) is 34.6. The maximum atomic E-state index is 15.5.